The molecule has 0 fully saturated rings. The lowest BCUT2D eigenvalue weighted by Crippen LogP contribution is -2.06. The van der Waals surface area contributed by atoms with E-state index in [9.17, 15) is 5.11 Å². The topological polar surface area (TPSA) is 44.6 Å². The molecule has 3 rings (SSSR count). The summed E-state index contributed by atoms with van der Waals surface area (Å²) in [5.74, 6) is 0.208. The lowest BCUT2D eigenvalue weighted by Gasteiger charge is -2.10. The van der Waals surface area contributed by atoms with Crippen molar-refractivity contribution in [3.63, 3.8) is 0 Å². The Labute approximate surface area is 129 Å². The summed E-state index contributed by atoms with van der Waals surface area (Å²) in [5, 5.41) is 14.6. The normalized spacial score (nSPS) is 11.2. The molecule has 0 spiro atoms. The van der Waals surface area contributed by atoms with E-state index in [-0.39, 0.29) is 5.75 Å². The van der Waals surface area contributed by atoms with Crippen molar-refractivity contribution in [1.82, 2.24) is 0 Å². The Morgan fingerprint density at radius 1 is 0.727 bits per heavy atom. The van der Waals surface area contributed by atoms with E-state index in [4.69, 9.17) is 0 Å². The first kappa shape index (κ1) is 13.9. The van der Waals surface area contributed by atoms with E-state index < -0.39 is 0 Å². The molecule has 0 aliphatic carbocycles. The Bertz CT molecular complexity index is 768. The highest BCUT2D eigenvalue weighted by atomic mass is 16.3. The molecule has 0 radical (unpaired) electrons. The number of hydrogen-bond acceptors (Lipinski definition) is 3. The van der Waals surface area contributed by atoms with Crippen LogP contribution in [0.3, 0.4) is 0 Å². The Balaban J connectivity index is 2.02. The van der Waals surface area contributed by atoms with Crippen molar-refractivity contribution in [2.45, 2.75) is 0 Å². The first-order chi connectivity index (χ1) is 10.8. The maximum absolute atomic E-state index is 10.1. The number of phenolic OH excluding ortho intramolecular Hbond substituents is 1. The number of aromatic hydroxyl groups is 1. The second-order valence-electron chi connectivity index (χ2n) is 4.82. The zero-order valence-electron chi connectivity index (χ0n) is 12.0. The van der Waals surface area contributed by atoms with E-state index in [1.165, 1.54) is 0 Å². The van der Waals surface area contributed by atoms with Gasteiger partial charge in [-0.3, -0.25) is 5.43 Å². The molecule has 3 nitrogen and oxygen atoms in total. The monoisotopic (exact) mass is 288 g/mol. The molecule has 108 valence electrons. The minimum absolute atomic E-state index is 0.208. The number of nitrogens with one attached hydrogen (secondary N) is 1. The predicted molar refractivity (Wildman–Crippen MR) is 90.3 cm³/mol. The predicted octanol–water partition coefficient (Wildman–Crippen LogP) is 4.26. The van der Waals surface area contributed by atoms with E-state index >= 15 is 0 Å². The molecular formula is C19H16N2O. The van der Waals surface area contributed by atoms with Gasteiger partial charge in [-0.05, 0) is 24.3 Å². The van der Waals surface area contributed by atoms with Crippen LogP contribution in [0.1, 0.15) is 11.1 Å². The fourth-order valence-electron chi connectivity index (χ4n) is 2.18. The molecule has 0 aliphatic rings. The first-order valence-corrected chi connectivity index (χ1v) is 7.07. The van der Waals surface area contributed by atoms with Crippen molar-refractivity contribution in [1.29, 1.82) is 0 Å². The molecule has 22 heavy (non-hydrogen) atoms. The van der Waals surface area contributed by atoms with E-state index in [0.29, 0.717) is 11.3 Å². The van der Waals surface area contributed by atoms with Crippen molar-refractivity contribution < 1.29 is 5.11 Å². The molecule has 0 bridgehead atoms. The van der Waals surface area contributed by atoms with Crippen LogP contribution < -0.4 is 5.43 Å². The Morgan fingerprint density at radius 2 is 1.32 bits per heavy atom. The van der Waals surface area contributed by atoms with Gasteiger partial charge in [-0.1, -0.05) is 60.7 Å². The number of rotatable bonds is 4. The fraction of sp³-hybridized carbons (Fsp3) is 0. The lowest BCUT2D eigenvalue weighted by atomic mass is 10.0. The molecule has 2 N–H and O–H groups in total. The zero-order valence-corrected chi connectivity index (χ0v) is 12.0. The zero-order chi connectivity index (χ0) is 15.2. The van der Waals surface area contributed by atoms with Gasteiger partial charge in [0.25, 0.3) is 0 Å². The molecule has 3 aromatic rings. The standard InChI is InChI=1S/C19H16N2O/c22-18-14-8-7-13-17(18)19(15-9-3-1-4-10-15)21-20-16-11-5-2-6-12-16/h1-14,20,22H/b21-19+. The summed E-state index contributed by atoms with van der Waals surface area (Å²) in [6.45, 7) is 0. The van der Waals surface area contributed by atoms with Crippen LogP contribution in [0.2, 0.25) is 0 Å². The molecule has 0 heterocycles. The number of phenols is 1. The number of anilines is 1. The van der Waals surface area contributed by atoms with Crippen LogP contribution in [0.4, 0.5) is 5.69 Å². The lowest BCUT2D eigenvalue weighted by molar-refractivity contribution is 0.474. The largest absolute Gasteiger partial charge is 0.507 e. The Kier molecular flexibility index (Phi) is 4.16. The summed E-state index contributed by atoms with van der Waals surface area (Å²) in [4.78, 5) is 0. The van der Waals surface area contributed by atoms with Crippen molar-refractivity contribution in [2.75, 3.05) is 5.43 Å². The van der Waals surface area contributed by atoms with E-state index in [1.54, 1.807) is 12.1 Å². The molecule has 0 saturated carbocycles. The number of nitrogens with zero attached hydrogens (tertiary/aromatic N) is 1. The van der Waals surface area contributed by atoms with Gasteiger partial charge in [-0.2, -0.15) is 5.10 Å². The highest BCUT2D eigenvalue weighted by molar-refractivity contribution is 6.14. The van der Waals surface area contributed by atoms with Crippen LogP contribution in [0.25, 0.3) is 0 Å². The molecule has 0 unspecified atom stereocenters. The van der Waals surface area contributed by atoms with Crippen molar-refractivity contribution in [3.05, 3.63) is 96.1 Å². The first-order valence-electron chi connectivity index (χ1n) is 7.07. The third-order valence-corrected chi connectivity index (χ3v) is 3.28. The van der Waals surface area contributed by atoms with Crippen molar-refractivity contribution in [3.8, 4) is 5.75 Å². The second-order valence-corrected chi connectivity index (χ2v) is 4.82. The van der Waals surface area contributed by atoms with Gasteiger partial charge in [0.15, 0.2) is 0 Å². The van der Waals surface area contributed by atoms with E-state index in [1.807, 2.05) is 72.8 Å². The summed E-state index contributed by atoms with van der Waals surface area (Å²) in [6.07, 6.45) is 0. The van der Waals surface area contributed by atoms with Gasteiger partial charge in [-0.25, -0.2) is 0 Å². The average molecular weight is 288 g/mol. The molecule has 0 saturated heterocycles. The molecule has 0 atom stereocenters. The summed E-state index contributed by atoms with van der Waals surface area (Å²) >= 11 is 0. The van der Waals surface area contributed by atoms with Gasteiger partial charge in [0, 0.05) is 11.1 Å². The molecular weight excluding hydrogens is 272 g/mol. The summed E-state index contributed by atoms with van der Waals surface area (Å²) in [7, 11) is 0. The number of benzene rings is 3. The van der Waals surface area contributed by atoms with Crippen LogP contribution in [0.15, 0.2) is 90.0 Å². The summed E-state index contributed by atoms with van der Waals surface area (Å²) in [5.41, 5.74) is 6.27. The molecule has 3 aromatic carbocycles. The smallest absolute Gasteiger partial charge is 0.125 e. The van der Waals surface area contributed by atoms with Crippen LogP contribution in [0, 0.1) is 0 Å². The van der Waals surface area contributed by atoms with Crippen molar-refractivity contribution >= 4 is 11.4 Å². The SMILES string of the molecule is Oc1ccccc1/C(=N/Nc1ccccc1)c1ccccc1. The highest BCUT2D eigenvalue weighted by Gasteiger charge is 2.11. The van der Waals surface area contributed by atoms with Gasteiger partial charge in [0.2, 0.25) is 0 Å². The second kappa shape index (κ2) is 6.59. The summed E-state index contributed by atoms with van der Waals surface area (Å²) < 4.78 is 0. The maximum Gasteiger partial charge on any atom is 0.125 e. The quantitative estimate of drug-likeness (QED) is 0.556. The third-order valence-electron chi connectivity index (χ3n) is 3.28. The van der Waals surface area contributed by atoms with Crippen LogP contribution in [0.5, 0.6) is 5.75 Å². The van der Waals surface area contributed by atoms with Crippen LogP contribution >= 0.6 is 0 Å². The number of hydrazone groups is 1. The molecule has 0 aromatic heterocycles. The van der Waals surface area contributed by atoms with Gasteiger partial charge in [0.05, 0.1) is 5.69 Å². The third kappa shape index (κ3) is 3.15. The van der Waals surface area contributed by atoms with Gasteiger partial charge >= 0.3 is 0 Å². The fourth-order valence-corrected chi connectivity index (χ4v) is 2.18. The number of hydrogen-bond donors (Lipinski definition) is 2. The van der Waals surface area contributed by atoms with Crippen LogP contribution in [-0.4, -0.2) is 10.8 Å². The van der Waals surface area contributed by atoms with Gasteiger partial charge in [0.1, 0.15) is 11.5 Å². The molecule has 3 heteroatoms. The molecule has 0 aliphatic heterocycles. The van der Waals surface area contributed by atoms with E-state index in [0.717, 1.165) is 11.3 Å². The van der Waals surface area contributed by atoms with Crippen LogP contribution in [-0.2, 0) is 0 Å². The minimum Gasteiger partial charge on any atom is -0.507 e. The van der Waals surface area contributed by atoms with Crippen molar-refractivity contribution in [2.24, 2.45) is 5.10 Å². The average Bonchev–Trinajstić information content (AvgIpc) is 2.58. The number of para-hydroxylation sites is 2. The Hall–Kier alpha value is -3.07. The van der Waals surface area contributed by atoms with Gasteiger partial charge in [-0.15, -0.1) is 0 Å². The van der Waals surface area contributed by atoms with Gasteiger partial charge < -0.3 is 5.11 Å². The van der Waals surface area contributed by atoms with E-state index in [2.05, 4.69) is 10.5 Å². The molecule has 0 amide bonds. The summed E-state index contributed by atoms with van der Waals surface area (Å²) in [6, 6.07) is 26.7. The minimum atomic E-state index is 0.208. The Morgan fingerprint density at radius 3 is 2.00 bits per heavy atom. The highest BCUT2D eigenvalue weighted by Crippen LogP contribution is 2.21. The maximum atomic E-state index is 10.1.